The monoisotopic (exact) mass is 429 g/mol. The molecular formula is C24H31NO4S. The number of aryl methyl sites for hydroxylation is 3. The maximum Gasteiger partial charge on any atom is 0.263 e. The number of amides is 1. The van der Waals surface area contributed by atoms with Gasteiger partial charge >= 0.3 is 0 Å². The number of ether oxygens (including phenoxy) is 1. The average Bonchev–Trinajstić information content (AvgIpc) is 3.08. The van der Waals surface area contributed by atoms with Gasteiger partial charge in [0.15, 0.2) is 15.9 Å². The number of hydrogen-bond donors (Lipinski definition) is 0. The minimum Gasteiger partial charge on any atom is -0.481 e. The summed E-state index contributed by atoms with van der Waals surface area (Å²) in [7, 11) is -3.11. The second-order valence-corrected chi connectivity index (χ2v) is 10.4. The van der Waals surface area contributed by atoms with Gasteiger partial charge in [0.25, 0.3) is 5.91 Å². The summed E-state index contributed by atoms with van der Waals surface area (Å²) in [6.07, 6.45) is 0.715. The molecule has 0 radical (unpaired) electrons. The van der Waals surface area contributed by atoms with E-state index in [1.165, 1.54) is 5.56 Å². The molecule has 0 unspecified atom stereocenters. The molecular weight excluding hydrogens is 398 g/mol. The van der Waals surface area contributed by atoms with E-state index in [9.17, 15) is 13.2 Å². The van der Waals surface area contributed by atoms with Crippen LogP contribution in [0.2, 0.25) is 0 Å². The number of rotatable bonds is 7. The highest BCUT2D eigenvalue weighted by Crippen LogP contribution is 2.23. The van der Waals surface area contributed by atoms with Crippen molar-refractivity contribution in [3.8, 4) is 5.75 Å². The van der Waals surface area contributed by atoms with E-state index in [2.05, 4.69) is 19.1 Å². The van der Waals surface area contributed by atoms with Crippen LogP contribution in [0.5, 0.6) is 5.75 Å². The first-order valence-electron chi connectivity index (χ1n) is 10.5. The second kappa shape index (κ2) is 9.21. The highest BCUT2D eigenvalue weighted by Gasteiger charge is 2.36. The van der Waals surface area contributed by atoms with Crippen molar-refractivity contribution in [1.29, 1.82) is 0 Å². The fraction of sp³-hybridized carbons (Fsp3) is 0.458. The van der Waals surface area contributed by atoms with Crippen LogP contribution in [0, 0.1) is 13.8 Å². The summed E-state index contributed by atoms with van der Waals surface area (Å²) >= 11 is 0. The van der Waals surface area contributed by atoms with Gasteiger partial charge < -0.3 is 9.64 Å². The molecule has 1 saturated heterocycles. The summed E-state index contributed by atoms with van der Waals surface area (Å²) in [6.45, 7) is 8.24. The molecule has 162 valence electrons. The first kappa shape index (κ1) is 22.3. The van der Waals surface area contributed by atoms with E-state index >= 15 is 0 Å². The van der Waals surface area contributed by atoms with E-state index in [0.29, 0.717) is 18.7 Å². The molecule has 0 bridgehead atoms. The smallest absolute Gasteiger partial charge is 0.263 e. The highest BCUT2D eigenvalue weighted by molar-refractivity contribution is 7.91. The number of hydrogen-bond acceptors (Lipinski definition) is 4. The second-order valence-electron chi connectivity index (χ2n) is 8.20. The van der Waals surface area contributed by atoms with Crippen molar-refractivity contribution < 1.29 is 17.9 Å². The van der Waals surface area contributed by atoms with Crippen molar-refractivity contribution in [2.24, 2.45) is 0 Å². The maximum absolute atomic E-state index is 13.3. The van der Waals surface area contributed by atoms with Crippen molar-refractivity contribution in [3.63, 3.8) is 0 Å². The quantitative estimate of drug-likeness (QED) is 0.671. The zero-order valence-corrected chi connectivity index (χ0v) is 19.0. The molecule has 3 rings (SSSR count). The average molecular weight is 430 g/mol. The Hall–Kier alpha value is -2.34. The van der Waals surface area contributed by atoms with Crippen LogP contribution in [0.1, 0.15) is 42.5 Å². The van der Waals surface area contributed by atoms with Gasteiger partial charge in [0.05, 0.1) is 11.5 Å². The summed E-state index contributed by atoms with van der Waals surface area (Å²) in [5, 5.41) is 0. The molecule has 0 N–H and O–H groups in total. The van der Waals surface area contributed by atoms with Gasteiger partial charge in [-0.15, -0.1) is 0 Å². The summed E-state index contributed by atoms with van der Waals surface area (Å²) in [5.41, 5.74) is 4.48. The van der Waals surface area contributed by atoms with Crippen molar-refractivity contribution in [1.82, 2.24) is 4.90 Å². The zero-order valence-electron chi connectivity index (χ0n) is 18.2. The van der Waals surface area contributed by atoms with Crippen LogP contribution in [-0.4, -0.2) is 42.9 Å². The number of nitrogens with zero attached hydrogens (tertiary/aromatic N) is 1. The standard InChI is InChI=1S/C24H31NO4S/c1-5-20-7-9-21(10-8-20)15-25(22-12-13-30(27,28)16-22)24(26)19(4)29-23-11-6-17(2)18(3)14-23/h6-11,14,19,22H,5,12-13,15-16H2,1-4H3/t19-,22-/m0/s1. The predicted octanol–water partition coefficient (Wildman–Crippen LogP) is 3.85. The Morgan fingerprint density at radius 2 is 1.77 bits per heavy atom. The fourth-order valence-corrected chi connectivity index (χ4v) is 5.49. The van der Waals surface area contributed by atoms with Gasteiger partial charge in [-0.25, -0.2) is 8.42 Å². The molecule has 2 aromatic rings. The normalized spacial score (nSPS) is 18.7. The third kappa shape index (κ3) is 5.42. The Morgan fingerprint density at radius 3 is 2.33 bits per heavy atom. The number of sulfone groups is 1. The number of carbonyl (C=O) groups excluding carboxylic acids is 1. The predicted molar refractivity (Wildman–Crippen MR) is 119 cm³/mol. The summed E-state index contributed by atoms with van der Waals surface area (Å²) < 4.78 is 30.1. The van der Waals surface area contributed by atoms with Crippen molar-refractivity contribution in [2.45, 2.75) is 59.2 Å². The van der Waals surface area contributed by atoms with Crippen LogP contribution >= 0.6 is 0 Å². The third-order valence-corrected chi connectivity index (χ3v) is 7.61. The lowest BCUT2D eigenvalue weighted by atomic mass is 10.1. The van der Waals surface area contributed by atoms with Crippen LogP contribution in [0.15, 0.2) is 42.5 Å². The van der Waals surface area contributed by atoms with Crippen molar-refractivity contribution >= 4 is 15.7 Å². The lowest BCUT2D eigenvalue weighted by Gasteiger charge is -2.31. The van der Waals surface area contributed by atoms with Crippen LogP contribution < -0.4 is 4.74 Å². The van der Waals surface area contributed by atoms with E-state index in [1.807, 2.05) is 44.2 Å². The van der Waals surface area contributed by atoms with Gasteiger partial charge in [0.2, 0.25) is 0 Å². The Kier molecular flexibility index (Phi) is 6.86. The van der Waals surface area contributed by atoms with Gasteiger partial charge in [-0.2, -0.15) is 0 Å². The van der Waals surface area contributed by atoms with Gasteiger partial charge in [-0.05, 0) is 68.0 Å². The zero-order chi connectivity index (χ0) is 21.9. The summed E-state index contributed by atoms with van der Waals surface area (Å²) in [6, 6.07) is 13.6. The molecule has 1 amide bonds. The topological polar surface area (TPSA) is 63.7 Å². The van der Waals surface area contributed by atoms with E-state index in [0.717, 1.165) is 23.1 Å². The van der Waals surface area contributed by atoms with Crippen LogP contribution in [-0.2, 0) is 27.6 Å². The molecule has 0 saturated carbocycles. The Morgan fingerprint density at radius 1 is 1.10 bits per heavy atom. The molecule has 1 fully saturated rings. The number of carbonyl (C=O) groups is 1. The maximum atomic E-state index is 13.3. The van der Waals surface area contributed by atoms with Crippen LogP contribution in [0.4, 0.5) is 0 Å². The molecule has 30 heavy (non-hydrogen) atoms. The van der Waals surface area contributed by atoms with Gasteiger partial charge in [0.1, 0.15) is 5.75 Å². The van der Waals surface area contributed by atoms with E-state index < -0.39 is 15.9 Å². The van der Waals surface area contributed by atoms with Crippen molar-refractivity contribution in [2.75, 3.05) is 11.5 Å². The third-order valence-electron chi connectivity index (χ3n) is 5.86. The van der Waals surface area contributed by atoms with Gasteiger partial charge in [0, 0.05) is 12.6 Å². The summed E-state index contributed by atoms with van der Waals surface area (Å²) in [4.78, 5) is 15.0. The molecule has 5 nitrogen and oxygen atoms in total. The molecule has 2 atom stereocenters. The van der Waals surface area contributed by atoms with Crippen LogP contribution in [0.3, 0.4) is 0 Å². The van der Waals surface area contributed by atoms with Crippen LogP contribution in [0.25, 0.3) is 0 Å². The Labute approximate surface area is 180 Å². The first-order valence-corrected chi connectivity index (χ1v) is 12.3. The highest BCUT2D eigenvalue weighted by atomic mass is 32.2. The van der Waals surface area contributed by atoms with Gasteiger partial charge in [-0.1, -0.05) is 37.3 Å². The molecule has 1 aliphatic rings. The molecule has 0 spiro atoms. The van der Waals surface area contributed by atoms with E-state index in [1.54, 1.807) is 11.8 Å². The summed E-state index contributed by atoms with van der Waals surface area (Å²) in [5.74, 6) is 0.602. The van der Waals surface area contributed by atoms with E-state index in [-0.39, 0.29) is 23.5 Å². The first-order chi connectivity index (χ1) is 14.2. The Balaban J connectivity index is 1.80. The molecule has 1 aliphatic heterocycles. The minimum atomic E-state index is -3.11. The lowest BCUT2D eigenvalue weighted by Crippen LogP contribution is -2.46. The molecule has 0 aliphatic carbocycles. The molecule has 2 aromatic carbocycles. The number of benzene rings is 2. The van der Waals surface area contributed by atoms with Crippen molar-refractivity contribution in [3.05, 3.63) is 64.7 Å². The van der Waals surface area contributed by atoms with E-state index in [4.69, 9.17) is 4.74 Å². The Bertz CT molecular complexity index is 998. The fourth-order valence-electron chi connectivity index (χ4n) is 3.76. The SMILES string of the molecule is CCc1ccc(CN(C(=O)[C@H](C)Oc2ccc(C)c(C)c2)[C@H]2CCS(=O)(=O)C2)cc1. The molecule has 6 heteroatoms. The lowest BCUT2D eigenvalue weighted by molar-refractivity contribution is -0.140. The molecule has 0 aromatic heterocycles. The largest absolute Gasteiger partial charge is 0.481 e. The van der Waals surface area contributed by atoms with Gasteiger partial charge in [-0.3, -0.25) is 4.79 Å². The minimum absolute atomic E-state index is 0.0160. The molecule has 1 heterocycles.